The van der Waals surface area contributed by atoms with Crippen LogP contribution in [0.4, 0.5) is 4.79 Å². The van der Waals surface area contributed by atoms with E-state index in [9.17, 15) is 9.59 Å². The first kappa shape index (κ1) is 12.8. The highest BCUT2D eigenvalue weighted by molar-refractivity contribution is 5.83. The van der Waals surface area contributed by atoms with Crippen LogP contribution in [0.2, 0.25) is 0 Å². The second-order valence-corrected chi connectivity index (χ2v) is 4.73. The number of carboxylic acid groups (broad SMARTS) is 1. The molecule has 1 aliphatic heterocycles. The Morgan fingerprint density at radius 2 is 2.00 bits per heavy atom. The molecule has 1 rings (SSSR count). The highest BCUT2D eigenvalue weighted by Gasteiger charge is 2.40. The standard InChI is InChI=1S/C11H20N2O3/c1-7(2)12(4)11(16)13-6-5-8(3)9(13)10(14)15/h7-9H,5-6H2,1-4H3,(H,14,15). The first-order valence-electron chi connectivity index (χ1n) is 5.62. The topological polar surface area (TPSA) is 60.9 Å². The van der Waals surface area contributed by atoms with E-state index in [0.29, 0.717) is 6.54 Å². The van der Waals surface area contributed by atoms with Gasteiger partial charge in [0.25, 0.3) is 0 Å². The van der Waals surface area contributed by atoms with E-state index in [4.69, 9.17) is 5.11 Å². The molecule has 0 aromatic rings. The van der Waals surface area contributed by atoms with Crippen molar-refractivity contribution in [3.63, 3.8) is 0 Å². The molecule has 2 amide bonds. The lowest BCUT2D eigenvalue weighted by Crippen LogP contribution is -2.49. The highest BCUT2D eigenvalue weighted by atomic mass is 16.4. The molecule has 2 unspecified atom stereocenters. The third kappa shape index (κ3) is 2.28. The number of rotatable bonds is 2. The van der Waals surface area contributed by atoms with Crippen molar-refractivity contribution in [1.29, 1.82) is 0 Å². The number of carbonyl (C=O) groups is 2. The third-order valence-corrected chi connectivity index (χ3v) is 3.28. The van der Waals surface area contributed by atoms with Crippen LogP contribution in [-0.4, -0.2) is 52.6 Å². The summed E-state index contributed by atoms with van der Waals surface area (Å²) in [5.41, 5.74) is 0. The summed E-state index contributed by atoms with van der Waals surface area (Å²) in [6.07, 6.45) is 0.759. The van der Waals surface area contributed by atoms with E-state index in [1.807, 2.05) is 20.8 Å². The zero-order chi connectivity index (χ0) is 12.5. The van der Waals surface area contributed by atoms with Gasteiger partial charge in [-0.3, -0.25) is 0 Å². The minimum absolute atomic E-state index is 0.0296. The molecule has 1 N–H and O–H groups in total. The fraction of sp³-hybridized carbons (Fsp3) is 0.818. The van der Waals surface area contributed by atoms with Crippen molar-refractivity contribution in [2.45, 2.75) is 39.3 Å². The van der Waals surface area contributed by atoms with E-state index in [2.05, 4.69) is 0 Å². The third-order valence-electron chi connectivity index (χ3n) is 3.28. The van der Waals surface area contributed by atoms with Gasteiger partial charge in [-0.05, 0) is 26.2 Å². The van der Waals surface area contributed by atoms with Gasteiger partial charge < -0.3 is 14.9 Å². The Balaban J connectivity index is 2.80. The zero-order valence-electron chi connectivity index (χ0n) is 10.3. The average molecular weight is 228 g/mol. The second kappa shape index (κ2) is 4.72. The number of carboxylic acids is 1. The number of hydrogen-bond donors (Lipinski definition) is 1. The molecule has 1 aliphatic rings. The summed E-state index contributed by atoms with van der Waals surface area (Å²) in [6.45, 7) is 6.23. The average Bonchev–Trinajstić information content (AvgIpc) is 2.57. The molecule has 92 valence electrons. The Morgan fingerprint density at radius 1 is 1.44 bits per heavy atom. The summed E-state index contributed by atoms with van der Waals surface area (Å²) in [5.74, 6) is -0.877. The molecular weight excluding hydrogens is 208 g/mol. The molecule has 0 aromatic carbocycles. The number of carbonyl (C=O) groups excluding carboxylic acids is 1. The molecule has 1 heterocycles. The number of amides is 2. The van der Waals surface area contributed by atoms with Crippen LogP contribution in [0.25, 0.3) is 0 Å². The Kier molecular flexibility index (Phi) is 3.78. The molecule has 16 heavy (non-hydrogen) atoms. The summed E-state index contributed by atoms with van der Waals surface area (Å²) in [7, 11) is 1.70. The summed E-state index contributed by atoms with van der Waals surface area (Å²) in [4.78, 5) is 26.2. The molecular formula is C11H20N2O3. The van der Waals surface area contributed by atoms with Crippen molar-refractivity contribution < 1.29 is 14.7 Å². The van der Waals surface area contributed by atoms with Gasteiger partial charge >= 0.3 is 12.0 Å². The van der Waals surface area contributed by atoms with E-state index >= 15 is 0 Å². The molecule has 0 saturated carbocycles. The normalized spacial score (nSPS) is 24.9. The van der Waals surface area contributed by atoms with E-state index in [0.717, 1.165) is 6.42 Å². The van der Waals surface area contributed by atoms with Gasteiger partial charge in [-0.15, -0.1) is 0 Å². The number of nitrogens with zero attached hydrogens (tertiary/aromatic N) is 2. The van der Waals surface area contributed by atoms with Crippen LogP contribution in [0.1, 0.15) is 27.2 Å². The van der Waals surface area contributed by atoms with Gasteiger partial charge in [0.2, 0.25) is 0 Å². The predicted molar refractivity (Wildman–Crippen MR) is 60.2 cm³/mol. The maximum atomic E-state index is 12.0. The molecule has 1 saturated heterocycles. The Morgan fingerprint density at radius 3 is 2.44 bits per heavy atom. The Labute approximate surface area is 96.0 Å². The van der Waals surface area contributed by atoms with Gasteiger partial charge in [0, 0.05) is 19.6 Å². The molecule has 0 aromatic heterocycles. The SMILES string of the molecule is CC1CCN(C(=O)N(C)C(C)C)C1C(=O)O. The smallest absolute Gasteiger partial charge is 0.326 e. The summed E-state index contributed by atoms with van der Waals surface area (Å²) >= 11 is 0. The van der Waals surface area contributed by atoms with Crippen LogP contribution in [0, 0.1) is 5.92 Å². The van der Waals surface area contributed by atoms with E-state index in [1.165, 1.54) is 4.90 Å². The van der Waals surface area contributed by atoms with E-state index < -0.39 is 12.0 Å². The number of hydrogen-bond acceptors (Lipinski definition) is 2. The van der Waals surface area contributed by atoms with Crippen LogP contribution in [0.5, 0.6) is 0 Å². The predicted octanol–water partition coefficient (Wildman–Crippen LogP) is 1.24. The maximum Gasteiger partial charge on any atom is 0.326 e. The monoisotopic (exact) mass is 228 g/mol. The lowest BCUT2D eigenvalue weighted by molar-refractivity contribution is -0.142. The zero-order valence-corrected chi connectivity index (χ0v) is 10.3. The van der Waals surface area contributed by atoms with Crippen molar-refractivity contribution in [1.82, 2.24) is 9.80 Å². The second-order valence-electron chi connectivity index (χ2n) is 4.73. The number of likely N-dealkylation sites (tertiary alicyclic amines) is 1. The van der Waals surface area contributed by atoms with Gasteiger partial charge in [0.1, 0.15) is 6.04 Å². The molecule has 5 heteroatoms. The fourth-order valence-electron chi connectivity index (χ4n) is 1.96. The summed E-state index contributed by atoms with van der Waals surface area (Å²) < 4.78 is 0. The van der Waals surface area contributed by atoms with Gasteiger partial charge in [-0.25, -0.2) is 9.59 Å². The van der Waals surface area contributed by atoms with Crippen LogP contribution in [0.3, 0.4) is 0 Å². The van der Waals surface area contributed by atoms with Crippen molar-refractivity contribution in [3.05, 3.63) is 0 Å². The first-order valence-corrected chi connectivity index (χ1v) is 5.62. The summed E-state index contributed by atoms with van der Waals surface area (Å²) in [6, 6.07) is -0.779. The number of aliphatic carboxylic acids is 1. The molecule has 0 bridgehead atoms. The minimum atomic E-state index is -0.907. The van der Waals surface area contributed by atoms with Gasteiger partial charge in [0.15, 0.2) is 0 Å². The molecule has 0 spiro atoms. The highest BCUT2D eigenvalue weighted by Crippen LogP contribution is 2.25. The van der Waals surface area contributed by atoms with Crippen LogP contribution < -0.4 is 0 Å². The van der Waals surface area contributed by atoms with Gasteiger partial charge in [-0.1, -0.05) is 6.92 Å². The largest absolute Gasteiger partial charge is 0.480 e. The molecule has 0 radical (unpaired) electrons. The van der Waals surface area contributed by atoms with E-state index in [1.54, 1.807) is 11.9 Å². The quantitative estimate of drug-likeness (QED) is 0.773. The lowest BCUT2D eigenvalue weighted by Gasteiger charge is -2.30. The van der Waals surface area contributed by atoms with Crippen LogP contribution >= 0.6 is 0 Å². The molecule has 5 nitrogen and oxygen atoms in total. The minimum Gasteiger partial charge on any atom is -0.480 e. The lowest BCUT2D eigenvalue weighted by atomic mass is 10.0. The molecule has 1 fully saturated rings. The molecule has 0 aliphatic carbocycles. The van der Waals surface area contributed by atoms with Crippen LogP contribution in [-0.2, 0) is 4.79 Å². The maximum absolute atomic E-state index is 12.0. The number of urea groups is 1. The van der Waals surface area contributed by atoms with Crippen LogP contribution in [0.15, 0.2) is 0 Å². The van der Waals surface area contributed by atoms with Crippen molar-refractivity contribution in [2.75, 3.05) is 13.6 Å². The fourth-order valence-corrected chi connectivity index (χ4v) is 1.96. The molecule has 2 atom stereocenters. The van der Waals surface area contributed by atoms with Crippen molar-refractivity contribution >= 4 is 12.0 Å². The summed E-state index contributed by atoms with van der Waals surface area (Å²) in [5, 5.41) is 9.11. The van der Waals surface area contributed by atoms with Gasteiger partial charge in [-0.2, -0.15) is 0 Å². The van der Waals surface area contributed by atoms with Crippen molar-refractivity contribution in [3.8, 4) is 0 Å². The van der Waals surface area contributed by atoms with E-state index in [-0.39, 0.29) is 18.0 Å². The van der Waals surface area contributed by atoms with Gasteiger partial charge in [0.05, 0.1) is 0 Å². The Bertz CT molecular complexity index is 291. The Hall–Kier alpha value is -1.26. The first-order chi connectivity index (χ1) is 7.36. The van der Waals surface area contributed by atoms with Crippen molar-refractivity contribution in [2.24, 2.45) is 5.92 Å².